The van der Waals surface area contributed by atoms with Crippen molar-refractivity contribution in [1.29, 1.82) is 0 Å². The van der Waals surface area contributed by atoms with Crippen LogP contribution in [-0.2, 0) is 8.85 Å². The lowest BCUT2D eigenvalue weighted by molar-refractivity contribution is 0.118. The van der Waals surface area contributed by atoms with Crippen LogP contribution in [0.3, 0.4) is 0 Å². The lowest BCUT2D eigenvalue weighted by atomic mass is 9.83. The standard InChI is InChI=1S/C16H35NO2Si/c1-8-18-20(19-9-2,17-16(5,6)7)15-13(3)11-10-12-14(15)4/h13-15,17H,8-12H2,1-7H3. The first kappa shape index (κ1) is 18.1. The van der Waals surface area contributed by atoms with Crippen LogP contribution in [0.25, 0.3) is 0 Å². The zero-order chi connectivity index (χ0) is 15.4. The number of nitrogens with one attached hydrogen (secondary N) is 1. The topological polar surface area (TPSA) is 30.5 Å². The van der Waals surface area contributed by atoms with Gasteiger partial charge in [0.1, 0.15) is 0 Å². The fourth-order valence-electron chi connectivity index (χ4n) is 3.77. The summed E-state index contributed by atoms with van der Waals surface area (Å²) >= 11 is 0. The van der Waals surface area contributed by atoms with E-state index in [4.69, 9.17) is 8.85 Å². The van der Waals surface area contributed by atoms with Crippen LogP contribution >= 0.6 is 0 Å². The lowest BCUT2D eigenvalue weighted by Crippen LogP contribution is -2.67. The van der Waals surface area contributed by atoms with Gasteiger partial charge < -0.3 is 8.85 Å². The van der Waals surface area contributed by atoms with Crippen molar-refractivity contribution in [3.8, 4) is 0 Å². The minimum atomic E-state index is -2.41. The van der Waals surface area contributed by atoms with Gasteiger partial charge in [-0.3, -0.25) is 4.98 Å². The van der Waals surface area contributed by atoms with Gasteiger partial charge in [-0.25, -0.2) is 0 Å². The normalized spacial score (nSPS) is 28.6. The third kappa shape index (κ3) is 4.55. The molecule has 1 aliphatic rings. The molecule has 0 aromatic heterocycles. The van der Waals surface area contributed by atoms with Crippen molar-refractivity contribution in [3.05, 3.63) is 0 Å². The van der Waals surface area contributed by atoms with Gasteiger partial charge >= 0.3 is 8.72 Å². The van der Waals surface area contributed by atoms with Crippen LogP contribution in [0.1, 0.15) is 67.7 Å². The summed E-state index contributed by atoms with van der Waals surface area (Å²) in [4.78, 5) is 3.80. The molecule has 0 radical (unpaired) electrons. The van der Waals surface area contributed by atoms with E-state index in [0.29, 0.717) is 17.4 Å². The van der Waals surface area contributed by atoms with Gasteiger partial charge in [-0.1, -0.05) is 33.1 Å². The van der Waals surface area contributed by atoms with E-state index in [9.17, 15) is 0 Å². The maximum Gasteiger partial charge on any atom is 0.429 e. The van der Waals surface area contributed by atoms with Crippen LogP contribution < -0.4 is 4.98 Å². The molecule has 1 aliphatic carbocycles. The van der Waals surface area contributed by atoms with Crippen molar-refractivity contribution < 1.29 is 8.85 Å². The highest BCUT2D eigenvalue weighted by molar-refractivity contribution is 6.66. The molecule has 0 heterocycles. The number of rotatable bonds is 6. The Balaban J connectivity index is 3.10. The average molecular weight is 302 g/mol. The SMILES string of the molecule is CCO[Si](NC(C)(C)C)(OCC)C1C(C)CCCC1C. The first-order valence-electron chi connectivity index (χ1n) is 8.33. The van der Waals surface area contributed by atoms with Crippen LogP contribution in [-0.4, -0.2) is 27.5 Å². The third-order valence-corrected chi connectivity index (χ3v) is 8.80. The minimum Gasteiger partial charge on any atom is -0.383 e. The molecule has 0 aromatic carbocycles. The van der Waals surface area contributed by atoms with Gasteiger partial charge in [-0.2, -0.15) is 0 Å². The van der Waals surface area contributed by atoms with E-state index in [0.717, 1.165) is 13.2 Å². The van der Waals surface area contributed by atoms with Crippen molar-refractivity contribution in [2.45, 2.75) is 78.8 Å². The van der Waals surface area contributed by atoms with E-state index in [-0.39, 0.29) is 5.54 Å². The Kier molecular flexibility index (Phi) is 6.70. The largest absolute Gasteiger partial charge is 0.429 e. The number of hydrogen-bond donors (Lipinski definition) is 1. The smallest absolute Gasteiger partial charge is 0.383 e. The monoisotopic (exact) mass is 301 g/mol. The Morgan fingerprint density at radius 1 is 1.00 bits per heavy atom. The van der Waals surface area contributed by atoms with E-state index < -0.39 is 8.72 Å². The molecule has 4 heteroatoms. The minimum absolute atomic E-state index is 0.0213. The Morgan fingerprint density at radius 2 is 1.45 bits per heavy atom. The summed E-state index contributed by atoms with van der Waals surface area (Å²) in [5.74, 6) is 1.36. The van der Waals surface area contributed by atoms with E-state index in [2.05, 4.69) is 53.4 Å². The molecule has 0 aliphatic heterocycles. The zero-order valence-corrected chi connectivity index (χ0v) is 15.6. The highest BCUT2D eigenvalue weighted by atomic mass is 28.4. The quantitative estimate of drug-likeness (QED) is 0.745. The van der Waals surface area contributed by atoms with Crippen LogP contribution in [0.4, 0.5) is 0 Å². The molecule has 1 saturated carbocycles. The van der Waals surface area contributed by atoms with Crippen molar-refractivity contribution in [1.82, 2.24) is 4.98 Å². The van der Waals surface area contributed by atoms with E-state index in [1.165, 1.54) is 19.3 Å². The molecule has 0 saturated heterocycles. The predicted molar refractivity (Wildman–Crippen MR) is 87.8 cm³/mol. The summed E-state index contributed by atoms with van der Waals surface area (Å²) in [6.45, 7) is 17.0. The molecule has 1 rings (SSSR count). The molecule has 0 bridgehead atoms. The summed E-state index contributed by atoms with van der Waals surface area (Å²) in [6, 6.07) is 0. The fraction of sp³-hybridized carbons (Fsp3) is 1.00. The van der Waals surface area contributed by atoms with Crippen molar-refractivity contribution in [2.24, 2.45) is 11.8 Å². The van der Waals surface area contributed by atoms with E-state index >= 15 is 0 Å². The van der Waals surface area contributed by atoms with Gasteiger partial charge in [0.05, 0.1) is 0 Å². The maximum absolute atomic E-state index is 6.33. The molecule has 0 amide bonds. The predicted octanol–water partition coefficient (Wildman–Crippen LogP) is 4.21. The van der Waals surface area contributed by atoms with Gasteiger partial charge in [0.15, 0.2) is 0 Å². The van der Waals surface area contributed by atoms with Crippen LogP contribution in [0.15, 0.2) is 0 Å². The molecule has 20 heavy (non-hydrogen) atoms. The summed E-state index contributed by atoms with van der Waals surface area (Å²) < 4.78 is 12.7. The van der Waals surface area contributed by atoms with Crippen LogP contribution in [0, 0.1) is 11.8 Å². The Morgan fingerprint density at radius 3 is 1.80 bits per heavy atom. The maximum atomic E-state index is 6.33. The van der Waals surface area contributed by atoms with Crippen molar-refractivity contribution in [2.75, 3.05) is 13.2 Å². The second-order valence-electron chi connectivity index (χ2n) is 7.32. The first-order valence-corrected chi connectivity index (χ1v) is 10.2. The molecular formula is C16H35NO2Si. The fourth-order valence-corrected chi connectivity index (χ4v) is 8.29. The molecule has 2 atom stereocenters. The zero-order valence-electron chi connectivity index (χ0n) is 14.6. The van der Waals surface area contributed by atoms with E-state index in [1.807, 2.05) is 0 Å². The summed E-state index contributed by atoms with van der Waals surface area (Å²) in [5.41, 5.74) is 0.559. The van der Waals surface area contributed by atoms with Gasteiger partial charge in [0, 0.05) is 24.3 Å². The molecule has 3 nitrogen and oxygen atoms in total. The highest BCUT2D eigenvalue weighted by Crippen LogP contribution is 2.45. The molecular weight excluding hydrogens is 266 g/mol. The van der Waals surface area contributed by atoms with Gasteiger partial charge in [0.2, 0.25) is 0 Å². The second-order valence-corrected chi connectivity index (χ2v) is 10.1. The second kappa shape index (κ2) is 7.39. The summed E-state index contributed by atoms with van der Waals surface area (Å²) in [6.07, 6.45) is 3.95. The first-order chi connectivity index (χ1) is 9.25. The Bertz CT molecular complexity index is 275. The molecule has 0 spiro atoms. The van der Waals surface area contributed by atoms with Crippen LogP contribution in [0.5, 0.6) is 0 Å². The number of hydrogen-bond acceptors (Lipinski definition) is 3. The lowest BCUT2D eigenvalue weighted by Gasteiger charge is -2.47. The summed E-state index contributed by atoms with van der Waals surface area (Å²) in [5, 5.41) is 0. The molecule has 1 N–H and O–H groups in total. The van der Waals surface area contributed by atoms with Crippen LogP contribution in [0.2, 0.25) is 5.54 Å². The molecule has 120 valence electrons. The summed E-state index contributed by atoms with van der Waals surface area (Å²) in [7, 11) is -2.41. The van der Waals surface area contributed by atoms with Gasteiger partial charge in [-0.05, 0) is 46.5 Å². The highest BCUT2D eigenvalue weighted by Gasteiger charge is 2.53. The van der Waals surface area contributed by atoms with Gasteiger partial charge in [0.25, 0.3) is 0 Å². The Hall–Kier alpha value is 0.0969. The molecule has 1 fully saturated rings. The van der Waals surface area contributed by atoms with Crippen molar-refractivity contribution >= 4 is 8.72 Å². The van der Waals surface area contributed by atoms with Gasteiger partial charge in [-0.15, -0.1) is 0 Å². The third-order valence-electron chi connectivity index (χ3n) is 4.25. The van der Waals surface area contributed by atoms with Crippen molar-refractivity contribution in [3.63, 3.8) is 0 Å². The average Bonchev–Trinajstić information content (AvgIpc) is 2.26. The molecule has 0 aromatic rings. The van der Waals surface area contributed by atoms with E-state index in [1.54, 1.807) is 0 Å². The Labute approximate surface area is 127 Å². The molecule has 2 unspecified atom stereocenters.